The largest absolute Gasteiger partial charge is 0.490 e. The number of para-hydroxylation sites is 1. The summed E-state index contributed by atoms with van der Waals surface area (Å²) in [5.41, 5.74) is 2.30. The summed E-state index contributed by atoms with van der Waals surface area (Å²) >= 11 is 0. The lowest BCUT2D eigenvalue weighted by atomic mass is 9.87. The summed E-state index contributed by atoms with van der Waals surface area (Å²) in [7, 11) is 0. The van der Waals surface area contributed by atoms with E-state index in [4.69, 9.17) is 9.47 Å². The highest BCUT2D eigenvalue weighted by Gasteiger charge is 2.12. The Hall–Kier alpha value is -3.15. The molecule has 6 nitrogen and oxygen atoms in total. The van der Waals surface area contributed by atoms with Gasteiger partial charge in [-0.1, -0.05) is 45.0 Å². The van der Waals surface area contributed by atoms with Gasteiger partial charge >= 0.3 is 0 Å². The first-order chi connectivity index (χ1) is 13.0. The Balaban J connectivity index is 1.52. The van der Waals surface area contributed by atoms with Crippen LogP contribution in [0, 0.1) is 0 Å². The summed E-state index contributed by atoms with van der Waals surface area (Å²) in [6, 6.07) is 15.9. The minimum Gasteiger partial charge on any atom is -0.490 e. The highest BCUT2D eigenvalue weighted by molar-refractivity contribution is 5.83. The van der Waals surface area contributed by atoms with Crippen molar-refractivity contribution in [3.8, 4) is 11.5 Å². The fraction of sp³-hybridized carbons (Fsp3) is 0.286. The number of benzene rings is 2. The number of ether oxygens (including phenoxy) is 2. The first-order valence-electron chi connectivity index (χ1n) is 8.86. The van der Waals surface area contributed by atoms with Gasteiger partial charge in [-0.15, -0.1) is 10.2 Å². The maximum atomic E-state index is 5.85. The molecule has 0 aliphatic rings. The molecule has 0 unspecified atom stereocenters. The van der Waals surface area contributed by atoms with E-state index >= 15 is 0 Å². The maximum Gasteiger partial charge on any atom is 0.141 e. The lowest BCUT2D eigenvalue weighted by Crippen LogP contribution is -2.12. The Morgan fingerprint density at radius 1 is 0.926 bits per heavy atom. The van der Waals surface area contributed by atoms with Crippen LogP contribution in [0.25, 0.3) is 0 Å². The van der Waals surface area contributed by atoms with Crippen LogP contribution in [0.3, 0.4) is 0 Å². The smallest absolute Gasteiger partial charge is 0.141 e. The zero-order chi connectivity index (χ0) is 19.1. The minimum atomic E-state index is 0.139. The van der Waals surface area contributed by atoms with E-state index in [1.165, 1.54) is 22.9 Å². The zero-order valence-corrected chi connectivity index (χ0v) is 15.9. The van der Waals surface area contributed by atoms with Crippen molar-refractivity contribution in [1.29, 1.82) is 0 Å². The topological polar surface area (TPSA) is 61.5 Å². The van der Waals surface area contributed by atoms with Gasteiger partial charge in [0.1, 0.15) is 37.4 Å². The average molecular weight is 364 g/mol. The van der Waals surface area contributed by atoms with Crippen molar-refractivity contribution in [3.05, 3.63) is 72.3 Å². The molecular weight excluding hydrogens is 340 g/mol. The van der Waals surface area contributed by atoms with Crippen molar-refractivity contribution >= 4 is 6.21 Å². The number of hydrogen-bond acceptors (Lipinski definition) is 5. The van der Waals surface area contributed by atoms with Crippen LogP contribution in [0.1, 0.15) is 31.9 Å². The minimum absolute atomic E-state index is 0.139. The van der Waals surface area contributed by atoms with Crippen molar-refractivity contribution < 1.29 is 9.47 Å². The van der Waals surface area contributed by atoms with Crippen molar-refractivity contribution in [3.63, 3.8) is 0 Å². The van der Waals surface area contributed by atoms with Crippen LogP contribution in [0.5, 0.6) is 11.5 Å². The van der Waals surface area contributed by atoms with Crippen molar-refractivity contribution in [1.82, 2.24) is 14.9 Å². The maximum absolute atomic E-state index is 5.85. The van der Waals surface area contributed by atoms with Gasteiger partial charge in [0, 0.05) is 5.56 Å². The molecule has 1 heterocycles. The fourth-order valence-electron chi connectivity index (χ4n) is 2.46. The highest BCUT2D eigenvalue weighted by Crippen LogP contribution is 2.24. The zero-order valence-electron chi connectivity index (χ0n) is 15.9. The molecule has 0 spiro atoms. The summed E-state index contributed by atoms with van der Waals surface area (Å²) in [6.07, 6.45) is 4.77. The molecule has 0 fully saturated rings. The molecular formula is C21H24N4O2. The van der Waals surface area contributed by atoms with Crippen molar-refractivity contribution in [2.75, 3.05) is 13.2 Å². The third kappa shape index (κ3) is 5.41. The molecule has 2 aromatic carbocycles. The predicted molar refractivity (Wildman–Crippen MR) is 106 cm³/mol. The van der Waals surface area contributed by atoms with E-state index in [2.05, 4.69) is 48.2 Å². The Morgan fingerprint density at radius 3 is 2.30 bits per heavy atom. The summed E-state index contributed by atoms with van der Waals surface area (Å²) in [5, 5.41) is 11.7. The Morgan fingerprint density at radius 2 is 1.59 bits per heavy atom. The standard InChI is InChI=1S/C21H24N4O2/c1-21(2,3)18-8-10-19(11-9-18)26-12-13-27-20-7-5-4-6-17(20)14-24-25-15-22-23-16-25/h4-11,14-16H,12-13H2,1-3H3/b24-14+. The fourth-order valence-corrected chi connectivity index (χ4v) is 2.46. The van der Waals surface area contributed by atoms with Gasteiger partial charge in [0.2, 0.25) is 0 Å². The van der Waals surface area contributed by atoms with Gasteiger partial charge in [-0.2, -0.15) is 5.10 Å². The van der Waals surface area contributed by atoms with Crippen LogP contribution >= 0.6 is 0 Å². The van der Waals surface area contributed by atoms with E-state index < -0.39 is 0 Å². The summed E-state index contributed by atoms with van der Waals surface area (Å²) < 4.78 is 13.2. The Bertz CT molecular complexity index is 866. The summed E-state index contributed by atoms with van der Waals surface area (Å²) in [5.74, 6) is 1.59. The molecule has 0 radical (unpaired) electrons. The lowest BCUT2D eigenvalue weighted by molar-refractivity contribution is 0.217. The number of aromatic nitrogens is 3. The first kappa shape index (κ1) is 18.6. The SMILES string of the molecule is CC(C)(C)c1ccc(OCCOc2ccccc2/C=N/n2cnnc2)cc1. The molecule has 0 aliphatic heterocycles. The van der Waals surface area contributed by atoms with E-state index in [1.807, 2.05) is 36.4 Å². The molecule has 0 bridgehead atoms. The highest BCUT2D eigenvalue weighted by atomic mass is 16.5. The molecule has 1 aromatic heterocycles. The average Bonchev–Trinajstić information content (AvgIpc) is 3.17. The van der Waals surface area contributed by atoms with Crippen molar-refractivity contribution in [2.24, 2.45) is 5.10 Å². The van der Waals surface area contributed by atoms with E-state index in [1.54, 1.807) is 6.21 Å². The molecule has 0 saturated heterocycles. The quantitative estimate of drug-likeness (QED) is 0.471. The summed E-state index contributed by atoms with van der Waals surface area (Å²) in [4.78, 5) is 0. The molecule has 3 rings (SSSR count). The second-order valence-corrected chi connectivity index (χ2v) is 7.10. The second kappa shape index (κ2) is 8.49. The van der Waals surface area contributed by atoms with Crippen LogP contribution in [0.15, 0.2) is 66.3 Å². The molecule has 0 amide bonds. The third-order valence-corrected chi connectivity index (χ3v) is 3.99. The van der Waals surface area contributed by atoms with Crippen LogP contribution in [-0.4, -0.2) is 34.3 Å². The van der Waals surface area contributed by atoms with Gasteiger partial charge in [-0.25, -0.2) is 4.68 Å². The van der Waals surface area contributed by atoms with Crippen molar-refractivity contribution in [2.45, 2.75) is 26.2 Å². The van der Waals surface area contributed by atoms with Crippen LogP contribution < -0.4 is 9.47 Å². The first-order valence-corrected chi connectivity index (χ1v) is 8.86. The van der Waals surface area contributed by atoms with Crippen LogP contribution in [0.4, 0.5) is 0 Å². The normalized spacial score (nSPS) is 11.7. The number of rotatable bonds is 7. The molecule has 3 aromatic rings. The molecule has 27 heavy (non-hydrogen) atoms. The van der Waals surface area contributed by atoms with E-state index in [9.17, 15) is 0 Å². The Labute approximate surface area is 159 Å². The van der Waals surface area contributed by atoms with Gasteiger partial charge in [0.25, 0.3) is 0 Å². The van der Waals surface area contributed by atoms with E-state index in [-0.39, 0.29) is 5.41 Å². The van der Waals surface area contributed by atoms with Gasteiger partial charge in [-0.05, 0) is 35.2 Å². The second-order valence-electron chi connectivity index (χ2n) is 7.10. The van der Waals surface area contributed by atoms with Gasteiger partial charge in [-0.3, -0.25) is 0 Å². The molecule has 6 heteroatoms. The van der Waals surface area contributed by atoms with Crippen LogP contribution in [0.2, 0.25) is 0 Å². The number of hydrogen-bond donors (Lipinski definition) is 0. The molecule has 0 aliphatic carbocycles. The molecule has 140 valence electrons. The molecule has 0 atom stereocenters. The predicted octanol–water partition coefficient (Wildman–Crippen LogP) is 3.92. The van der Waals surface area contributed by atoms with Gasteiger partial charge < -0.3 is 9.47 Å². The van der Waals surface area contributed by atoms with Crippen LogP contribution in [-0.2, 0) is 5.41 Å². The third-order valence-electron chi connectivity index (χ3n) is 3.99. The lowest BCUT2D eigenvalue weighted by Gasteiger charge is -2.19. The molecule has 0 N–H and O–H groups in total. The summed E-state index contributed by atoms with van der Waals surface area (Å²) in [6.45, 7) is 7.49. The Kier molecular flexibility index (Phi) is 5.86. The van der Waals surface area contributed by atoms with Gasteiger partial charge in [0.05, 0.1) is 6.21 Å². The van der Waals surface area contributed by atoms with E-state index in [0.29, 0.717) is 13.2 Å². The van der Waals surface area contributed by atoms with E-state index in [0.717, 1.165) is 17.1 Å². The van der Waals surface area contributed by atoms with Gasteiger partial charge in [0.15, 0.2) is 0 Å². The monoisotopic (exact) mass is 364 g/mol. The molecule has 0 saturated carbocycles. The number of nitrogens with zero attached hydrogens (tertiary/aromatic N) is 4.